The molecule has 10 heavy (non-hydrogen) atoms. The molecule has 1 nitrogen and oxygen atoms in total. The molecular weight excluding hydrogens is 124 g/mol. The van der Waals surface area contributed by atoms with Crippen LogP contribution in [0.4, 0.5) is 0 Å². The van der Waals surface area contributed by atoms with Crippen molar-refractivity contribution in [2.45, 2.75) is 50.7 Å². The van der Waals surface area contributed by atoms with Gasteiger partial charge in [-0.1, -0.05) is 6.42 Å². The van der Waals surface area contributed by atoms with E-state index in [-0.39, 0.29) is 0 Å². The average molecular weight is 138 g/mol. The van der Waals surface area contributed by atoms with E-state index in [0.717, 1.165) is 5.41 Å². The Morgan fingerprint density at radius 3 is 2.20 bits per heavy atom. The zero-order valence-corrected chi connectivity index (χ0v) is 6.52. The van der Waals surface area contributed by atoms with E-state index in [1.807, 2.05) is 0 Å². The quantitative estimate of drug-likeness (QED) is 0.467. The number of hydrogen-bond acceptors (Lipinski definition) is 1. The summed E-state index contributed by atoms with van der Waals surface area (Å²) in [5, 5.41) is 0. The van der Waals surface area contributed by atoms with Gasteiger partial charge in [0, 0.05) is 0 Å². The van der Waals surface area contributed by atoms with E-state index in [0.29, 0.717) is 11.7 Å². The molecule has 1 aliphatic heterocycles. The molecule has 2 spiro atoms. The lowest BCUT2D eigenvalue weighted by Gasteiger charge is -2.53. The van der Waals surface area contributed by atoms with E-state index in [2.05, 4.69) is 6.92 Å². The predicted octanol–water partition coefficient (Wildman–Crippen LogP) is 2.11. The predicted molar refractivity (Wildman–Crippen MR) is 38.8 cm³/mol. The first-order valence-corrected chi connectivity index (χ1v) is 4.43. The van der Waals surface area contributed by atoms with Gasteiger partial charge in [0.2, 0.25) is 0 Å². The number of hydrogen-bond donors (Lipinski definition) is 0. The van der Waals surface area contributed by atoms with Gasteiger partial charge in [-0.3, -0.25) is 0 Å². The van der Waals surface area contributed by atoms with E-state index in [1.54, 1.807) is 0 Å². The molecule has 1 atom stereocenters. The van der Waals surface area contributed by atoms with Crippen molar-refractivity contribution in [2.24, 2.45) is 5.41 Å². The summed E-state index contributed by atoms with van der Waals surface area (Å²) in [4.78, 5) is 0. The van der Waals surface area contributed by atoms with E-state index < -0.39 is 0 Å². The van der Waals surface area contributed by atoms with Crippen LogP contribution >= 0.6 is 0 Å². The summed E-state index contributed by atoms with van der Waals surface area (Å²) < 4.78 is 5.57. The monoisotopic (exact) mass is 138 g/mol. The third kappa shape index (κ3) is 0.460. The highest BCUT2D eigenvalue weighted by molar-refractivity contribution is 5.18. The summed E-state index contributed by atoms with van der Waals surface area (Å²) in [6, 6.07) is 0. The van der Waals surface area contributed by atoms with Gasteiger partial charge < -0.3 is 4.74 Å². The Labute approximate surface area is 61.8 Å². The van der Waals surface area contributed by atoms with Gasteiger partial charge in [-0.05, 0) is 38.0 Å². The van der Waals surface area contributed by atoms with Gasteiger partial charge >= 0.3 is 0 Å². The lowest BCUT2D eigenvalue weighted by Crippen LogP contribution is -2.49. The molecule has 56 valence electrons. The molecule has 1 heterocycles. The van der Waals surface area contributed by atoms with Crippen molar-refractivity contribution in [2.75, 3.05) is 0 Å². The summed E-state index contributed by atoms with van der Waals surface area (Å²) in [6.07, 6.45) is 7.83. The standard InChI is InChI=1S/C9H14O/c1-7-9(10-7)5-8(6-9)3-2-4-8/h7H,2-6H2,1H3. The van der Waals surface area contributed by atoms with Crippen molar-refractivity contribution >= 4 is 0 Å². The molecule has 1 saturated heterocycles. The average Bonchev–Trinajstić information content (AvgIpc) is 2.31. The van der Waals surface area contributed by atoms with Gasteiger partial charge in [-0.15, -0.1) is 0 Å². The maximum absolute atomic E-state index is 5.57. The molecule has 0 aromatic rings. The van der Waals surface area contributed by atoms with Gasteiger partial charge in [-0.25, -0.2) is 0 Å². The zero-order valence-electron chi connectivity index (χ0n) is 6.52. The van der Waals surface area contributed by atoms with E-state index >= 15 is 0 Å². The molecule has 0 N–H and O–H groups in total. The summed E-state index contributed by atoms with van der Waals surface area (Å²) in [6.45, 7) is 2.21. The van der Waals surface area contributed by atoms with Gasteiger partial charge in [0.05, 0.1) is 11.7 Å². The number of epoxide rings is 1. The molecule has 1 heteroatoms. The van der Waals surface area contributed by atoms with Crippen LogP contribution in [0, 0.1) is 5.41 Å². The smallest absolute Gasteiger partial charge is 0.0956 e. The van der Waals surface area contributed by atoms with Crippen LogP contribution in [0.3, 0.4) is 0 Å². The van der Waals surface area contributed by atoms with Crippen LogP contribution in [0.1, 0.15) is 39.0 Å². The Hall–Kier alpha value is -0.0400. The van der Waals surface area contributed by atoms with E-state index in [1.165, 1.54) is 32.1 Å². The maximum Gasteiger partial charge on any atom is 0.0956 e. The molecule has 2 saturated carbocycles. The minimum absolute atomic E-state index is 0.417. The second-order valence-corrected chi connectivity index (χ2v) is 4.53. The summed E-state index contributed by atoms with van der Waals surface area (Å²) in [7, 11) is 0. The molecule has 0 aromatic carbocycles. The van der Waals surface area contributed by atoms with Gasteiger partial charge in [0.15, 0.2) is 0 Å². The highest BCUT2D eigenvalue weighted by Gasteiger charge is 2.68. The Bertz CT molecular complexity index is 166. The van der Waals surface area contributed by atoms with Crippen LogP contribution in [-0.4, -0.2) is 11.7 Å². The SMILES string of the molecule is CC1OC12CC1(CCC1)C2. The molecule has 3 rings (SSSR count). The second-order valence-electron chi connectivity index (χ2n) is 4.53. The lowest BCUT2D eigenvalue weighted by molar-refractivity contribution is -0.0441. The van der Waals surface area contributed by atoms with Gasteiger partial charge in [-0.2, -0.15) is 0 Å². The van der Waals surface area contributed by atoms with Gasteiger partial charge in [0.1, 0.15) is 0 Å². The van der Waals surface area contributed by atoms with Crippen molar-refractivity contribution in [3.63, 3.8) is 0 Å². The summed E-state index contributed by atoms with van der Waals surface area (Å²) in [5.41, 5.74) is 1.21. The molecule has 2 aliphatic carbocycles. The zero-order chi connectivity index (χ0) is 6.82. The first-order chi connectivity index (χ1) is 4.75. The summed E-state index contributed by atoms with van der Waals surface area (Å²) >= 11 is 0. The highest BCUT2D eigenvalue weighted by atomic mass is 16.6. The molecule has 0 bridgehead atoms. The highest BCUT2D eigenvalue weighted by Crippen LogP contribution is 2.68. The molecule has 0 aromatic heterocycles. The first-order valence-electron chi connectivity index (χ1n) is 4.43. The molecule has 0 radical (unpaired) electrons. The molecule has 3 aliphatic rings. The fraction of sp³-hybridized carbons (Fsp3) is 1.00. The minimum Gasteiger partial charge on any atom is -0.366 e. The lowest BCUT2D eigenvalue weighted by atomic mass is 9.51. The van der Waals surface area contributed by atoms with Crippen LogP contribution in [0.5, 0.6) is 0 Å². The molecule has 0 amide bonds. The third-order valence-electron chi connectivity index (χ3n) is 3.86. The van der Waals surface area contributed by atoms with Crippen molar-refractivity contribution in [3.8, 4) is 0 Å². The summed E-state index contributed by atoms with van der Waals surface area (Å²) in [5.74, 6) is 0. The second kappa shape index (κ2) is 1.29. The number of ether oxygens (including phenoxy) is 1. The van der Waals surface area contributed by atoms with E-state index in [4.69, 9.17) is 4.74 Å². The Morgan fingerprint density at radius 1 is 1.30 bits per heavy atom. The Morgan fingerprint density at radius 2 is 1.90 bits per heavy atom. The van der Waals surface area contributed by atoms with Crippen molar-refractivity contribution in [1.29, 1.82) is 0 Å². The van der Waals surface area contributed by atoms with Crippen LogP contribution in [-0.2, 0) is 4.74 Å². The Balaban J connectivity index is 1.71. The molecular formula is C9H14O. The fourth-order valence-electron chi connectivity index (χ4n) is 2.94. The van der Waals surface area contributed by atoms with E-state index in [9.17, 15) is 0 Å². The normalized spacial score (nSPS) is 44.7. The van der Waals surface area contributed by atoms with Crippen LogP contribution < -0.4 is 0 Å². The topological polar surface area (TPSA) is 12.5 Å². The van der Waals surface area contributed by atoms with Crippen LogP contribution in [0.15, 0.2) is 0 Å². The van der Waals surface area contributed by atoms with Crippen LogP contribution in [0.25, 0.3) is 0 Å². The largest absolute Gasteiger partial charge is 0.366 e. The minimum atomic E-state index is 0.417. The molecule has 1 unspecified atom stereocenters. The third-order valence-corrected chi connectivity index (χ3v) is 3.86. The Kier molecular flexibility index (Phi) is 0.722. The van der Waals surface area contributed by atoms with Crippen LogP contribution in [0.2, 0.25) is 0 Å². The maximum atomic E-state index is 5.57. The number of rotatable bonds is 0. The molecule has 3 fully saturated rings. The van der Waals surface area contributed by atoms with Crippen molar-refractivity contribution < 1.29 is 4.74 Å². The van der Waals surface area contributed by atoms with Gasteiger partial charge in [0.25, 0.3) is 0 Å². The fourth-order valence-corrected chi connectivity index (χ4v) is 2.94. The van der Waals surface area contributed by atoms with Crippen molar-refractivity contribution in [3.05, 3.63) is 0 Å². The van der Waals surface area contributed by atoms with Crippen molar-refractivity contribution in [1.82, 2.24) is 0 Å². The first kappa shape index (κ1) is 5.59.